The van der Waals surface area contributed by atoms with Crippen molar-refractivity contribution in [3.8, 4) is 28.5 Å². The Morgan fingerprint density at radius 1 is 0.929 bits per heavy atom. The topological polar surface area (TPSA) is 72.4 Å². The molecule has 4 nitrogen and oxygen atoms in total. The van der Waals surface area contributed by atoms with Crippen LogP contribution in [-0.2, 0) is 12.8 Å². The number of rotatable bonds is 2. The minimum atomic E-state index is -0.349. The van der Waals surface area contributed by atoms with Gasteiger partial charge in [-0.3, -0.25) is 4.79 Å². The van der Waals surface area contributed by atoms with E-state index in [1.54, 1.807) is 0 Å². The molecular formula is C24H19N3O. The molecule has 5 rings (SSSR count). The number of benzene rings is 2. The van der Waals surface area contributed by atoms with Crippen molar-refractivity contribution in [2.75, 3.05) is 0 Å². The SMILES string of the molecule is N#Cc1c(-c2c[nH]c3ccccc23)cc(-c2ccc3c(c2)CCCC3)[nH]c1=O. The largest absolute Gasteiger partial charge is 0.361 e. The van der Waals surface area contributed by atoms with E-state index < -0.39 is 0 Å². The molecule has 1 aliphatic rings. The van der Waals surface area contributed by atoms with E-state index in [1.165, 1.54) is 24.0 Å². The zero-order chi connectivity index (χ0) is 19.1. The Balaban J connectivity index is 1.72. The number of nitrogens with zero attached hydrogens (tertiary/aromatic N) is 1. The molecule has 1 aliphatic carbocycles. The highest BCUT2D eigenvalue weighted by Crippen LogP contribution is 2.33. The number of nitrogens with one attached hydrogen (secondary N) is 2. The van der Waals surface area contributed by atoms with Gasteiger partial charge in [0.25, 0.3) is 5.56 Å². The number of fused-ring (bicyclic) bond motifs is 2. The molecule has 0 atom stereocenters. The van der Waals surface area contributed by atoms with Crippen molar-refractivity contribution in [3.05, 3.63) is 81.8 Å². The van der Waals surface area contributed by atoms with Gasteiger partial charge in [-0.15, -0.1) is 0 Å². The van der Waals surface area contributed by atoms with Crippen molar-refractivity contribution < 1.29 is 0 Å². The maximum Gasteiger partial charge on any atom is 0.266 e. The molecule has 0 saturated heterocycles. The number of aryl methyl sites for hydroxylation is 2. The van der Waals surface area contributed by atoms with Crippen LogP contribution in [0.3, 0.4) is 0 Å². The van der Waals surface area contributed by atoms with Crippen molar-refractivity contribution in [2.45, 2.75) is 25.7 Å². The van der Waals surface area contributed by atoms with Crippen LogP contribution in [-0.4, -0.2) is 9.97 Å². The molecule has 2 N–H and O–H groups in total. The molecule has 28 heavy (non-hydrogen) atoms. The van der Waals surface area contributed by atoms with Gasteiger partial charge in [-0.25, -0.2) is 0 Å². The van der Waals surface area contributed by atoms with Crippen LogP contribution in [0.1, 0.15) is 29.5 Å². The van der Waals surface area contributed by atoms with Gasteiger partial charge in [-0.2, -0.15) is 5.26 Å². The first-order valence-electron chi connectivity index (χ1n) is 9.60. The maximum atomic E-state index is 12.7. The molecule has 0 aliphatic heterocycles. The number of hydrogen-bond donors (Lipinski definition) is 2. The minimum Gasteiger partial charge on any atom is -0.361 e. The third-order valence-electron chi connectivity index (χ3n) is 5.68. The number of H-pyrrole nitrogens is 2. The lowest BCUT2D eigenvalue weighted by molar-refractivity contribution is 0.686. The number of pyridine rings is 1. The highest BCUT2D eigenvalue weighted by atomic mass is 16.1. The number of hydrogen-bond acceptors (Lipinski definition) is 2. The lowest BCUT2D eigenvalue weighted by atomic mass is 9.89. The van der Waals surface area contributed by atoms with Crippen LogP contribution in [0.5, 0.6) is 0 Å². The molecule has 0 radical (unpaired) electrons. The van der Waals surface area contributed by atoms with E-state index in [4.69, 9.17) is 0 Å². The Hall–Kier alpha value is -3.58. The first-order chi connectivity index (χ1) is 13.7. The summed E-state index contributed by atoms with van der Waals surface area (Å²) in [6, 6.07) is 18.4. The Kier molecular flexibility index (Phi) is 3.87. The maximum absolute atomic E-state index is 12.7. The minimum absolute atomic E-state index is 0.145. The highest BCUT2D eigenvalue weighted by Gasteiger charge is 2.17. The Labute approximate surface area is 162 Å². The molecular weight excluding hydrogens is 346 g/mol. The van der Waals surface area contributed by atoms with Gasteiger partial charge in [0.05, 0.1) is 0 Å². The van der Waals surface area contributed by atoms with E-state index >= 15 is 0 Å². The molecule has 0 spiro atoms. The fraction of sp³-hybridized carbons (Fsp3) is 0.167. The van der Waals surface area contributed by atoms with Crippen molar-refractivity contribution in [2.24, 2.45) is 0 Å². The van der Waals surface area contributed by atoms with Crippen LogP contribution in [0.15, 0.2) is 59.5 Å². The van der Waals surface area contributed by atoms with Crippen LogP contribution in [0.2, 0.25) is 0 Å². The molecule has 4 aromatic rings. The van der Waals surface area contributed by atoms with E-state index in [-0.39, 0.29) is 11.1 Å². The van der Waals surface area contributed by atoms with Crippen molar-refractivity contribution >= 4 is 10.9 Å². The van der Waals surface area contributed by atoms with Gasteiger partial charge in [-0.05, 0) is 60.6 Å². The monoisotopic (exact) mass is 365 g/mol. The Bertz CT molecular complexity index is 1300. The van der Waals surface area contributed by atoms with Crippen LogP contribution in [0.25, 0.3) is 33.3 Å². The summed E-state index contributed by atoms with van der Waals surface area (Å²) < 4.78 is 0. The molecule has 0 unspecified atom stereocenters. The lowest BCUT2D eigenvalue weighted by Gasteiger charge is -2.17. The molecule has 2 heterocycles. The second-order valence-electron chi connectivity index (χ2n) is 7.35. The zero-order valence-corrected chi connectivity index (χ0v) is 15.4. The van der Waals surface area contributed by atoms with Gasteiger partial charge in [-0.1, -0.05) is 30.3 Å². The van der Waals surface area contributed by atoms with Crippen LogP contribution in [0, 0.1) is 11.3 Å². The van der Waals surface area contributed by atoms with Gasteiger partial charge in [0.1, 0.15) is 11.6 Å². The zero-order valence-electron chi connectivity index (χ0n) is 15.4. The lowest BCUT2D eigenvalue weighted by Crippen LogP contribution is -2.13. The standard InChI is InChI=1S/C24H19N3O/c25-13-20-19(21-14-26-22-8-4-3-7-18(21)22)12-23(27-24(20)28)17-10-9-15-5-1-2-6-16(15)11-17/h3-4,7-12,14,26H,1-2,5-6H2,(H,27,28). The third-order valence-corrected chi connectivity index (χ3v) is 5.68. The fourth-order valence-electron chi connectivity index (χ4n) is 4.23. The summed E-state index contributed by atoms with van der Waals surface area (Å²) in [6.07, 6.45) is 6.53. The Morgan fingerprint density at radius 2 is 1.75 bits per heavy atom. The third kappa shape index (κ3) is 2.64. The summed E-state index contributed by atoms with van der Waals surface area (Å²) in [5, 5.41) is 10.6. The van der Waals surface area contributed by atoms with Crippen LogP contribution >= 0.6 is 0 Å². The number of nitriles is 1. The predicted molar refractivity (Wildman–Crippen MR) is 111 cm³/mol. The van der Waals surface area contributed by atoms with Crippen molar-refractivity contribution in [1.82, 2.24) is 9.97 Å². The molecule has 0 amide bonds. The van der Waals surface area contributed by atoms with Crippen molar-refractivity contribution in [3.63, 3.8) is 0 Å². The van der Waals surface area contributed by atoms with Gasteiger partial charge in [0, 0.05) is 33.9 Å². The molecule has 0 bridgehead atoms. The second kappa shape index (κ2) is 6.54. The molecule has 2 aromatic carbocycles. The summed E-state index contributed by atoms with van der Waals surface area (Å²) in [5.41, 5.74) is 6.82. The normalized spacial score (nSPS) is 13.2. The highest BCUT2D eigenvalue weighted by molar-refractivity contribution is 5.97. The van der Waals surface area contributed by atoms with E-state index in [0.29, 0.717) is 5.56 Å². The van der Waals surface area contributed by atoms with E-state index in [2.05, 4.69) is 34.2 Å². The molecule has 0 saturated carbocycles. The first-order valence-corrected chi connectivity index (χ1v) is 9.60. The molecule has 4 heteroatoms. The second-order valence-corrected chi connectivity index (χ2v) is 7.35. The van der Waals surface area contributed by atoms with Gasteiger partial charge < -0.3 is 9.97 Å². The number of aromatic nitrogens is 2. The van der Waals surface area contributed by atoms with Crippen LogP contribution < -0.4 is 5.56 Å². The van der Waals surface area contributed by atoms with Crippen molar-refractivity contribution in [1.29, 1.82) is 5.26 Å². The average molecular weight is 365 g/mol. The first kappa shape index (κ1) is 16.6. The number of aromatic amines is 2. The van der Waals surface area contributed by atoms with Gasteiger partial charge in [0.15, 0.2) is 0 Å². The van der Waals surface area contributed by atoms with E-state index in [1.807, 2.05) is 36.5 Å². The summed E-state index contributed by atoms with van der Waals surface area (Å²) in [5.74, 6) is 0. The summed E-state index contributed by atoms with van der Waals surface area (Å²) >= 11 is 0. The molecule has 2 aromatic heterocycles. The van der Waals surface area contributed by atoms with E-state index in [0.717, 1.165) is 40.6 Å². The average Bonchev–Trinajstić information content (AvgIpc) is 3.17. The summed E-state index contributed by atoms with van der Waals surface area (Å²) in [7, 11) is 0. The quantitative estimate of drug-likeness (QED) is 0.528. The summed E-state index contributed by atoms with van der Waals surface area (Å²) in [6.45, 7) is 0. The molecule has 136 valence electrons. The van der Waals surface area contributed by atoms with Gasteiger partial charge in [0.2, 0.25) is 0 Å². The molecule has 0 fully saturated rings. The number of para-hydroxylation sites is 1. The Morgan fingerprint density at radius 3 is 2.61 bits per heavy atom. The van der Waals surface area contributed by atoms with Crippen LogP contribution in [0.4, 0.5) is 0 Å². The summed E-state index contributed by atoms with van der Waals surface area (Å²) in [4.78, 5) is 18.8. The van der Waals surface area contributed by atoms with Gasteiger partial charge >= 0.3 is 0 Å². The predicted octanol–water partition coefficient (Wildman–Crippen LogP) is 4.94. The smallest absolute Gasteiger partial charge is 0.266 e. The van der Waals surface area contributed by atoms with E-state index in [9.17, 15) is 10.1 Å². The fourth-order valence-corrected chi connectivity index (χ4v) is 4.23.